The largest absolute Gasteiger partial charge is 0.399 e. The van der Waals surface area contributed by atoms with E-state index in [1.165, 1.54) is 6.42 Å². The SMILES string of the molecule is Cc1cc(N)cc(NC(C)C(=O)N2CCCCC2)c1. The Labute approximate surface area is 115 Å². The molecule has 0 aliphatic carbocycles. The Balaban J connectivity index is 1.99. The molecule has 2 rings (SSSR count). The van der Waals surface area contributed by atoms with E-state index in [9.17, 15) is 4.79 Å². The summed E-state index contributed by atoms with van der Waals surface area (Å²) in [5, 5.41) is 3.25. The molecule has 1 aromatic rings. The van der Waals surface area contributed by atoms with E-state index in [2.05, 4.69) is 5.32 Å². The second-order valence-corrected chi connectivity index (χ2v) is 5.38. The highest BCUT2D eigenvalue weighted by molar-refractivity contribution is 5.84. The monoisotopic (exact) mass is 261 g/mol. The second-order valence-electron chi connectivity index (χ2n) is 5.38. The second kappa shape index (κ2) is 5.95. The van der Waals surface area contributed by atoms with Gasteiger partial charge in [-0.3, -0.25) is 4.79 Å². The van der Waals surface area contributed by atoms with Crippen LogP contribution in [0.4, 0.5) is 11.4 Å². The van der Waals surface area contributed by atoms with Crippen LogP contribution in [0.15, 0.2) is 18.2 Å². The van der Waals surface area contributed by atoms with Crippen LogP contribution in [0.3, 0.4) is 0 Å². The molecule has 0 bridgehead atoms. The number of piperidine rings is 1. The van der Waals surface area contributed by atoms with Crippen molar-refractivity contribution in [3.63, 3.8) is 0 Å². The number of carbonyl (C=O) groups excluding carboxylic acids is 1. The molecule has 4 heteroatoms. The predicted octanol–water partition coefficient (Wildman–Crippen LogP) is 2.39. The fourth-order valence-corrected chi connectivity index (χ4v) is 2.60. The number of nitrogens with one attached hydrogen (secondary N) is 1. The van der Waals surface area contributed by atoms with E-state index in [1.807, 2.05) is 36.9 Å². The predicted molar refractivity (Wildman–Crippen MR) is 79.1 cm³/mol. The minimum Gasteiger partial charge on any atom is -0.399 e. The number of anilines is 2. The van der Waals surface area contributed by atoms with Crippen molar-refractivity contribution in [3.05, 3.63) is 23.8 Å². The number of nitrogen functional groups attached to an aromatic ring is 1. The molecule has 4 nitrogen and oxygen atoms in total. The Hall–Kier alpha value is -1.71. The van der Waals surface area contributed by atoms with Crippen LogP contribution in [0.5, 0.6) is 0 Å². The smallest absolute Gasteiger partial charge is 0.244 e. The van der Waals surface area contributed by atoms with Gasteiger partial charge in [0.15, 0.2) is 0 Å². The van der Waals surface area contributed by atoms with Crippen LogP contribution in [-0.4, -0.2) is 29.9 Å². The van der Waals surface area contributed by atoms with Crippen LogP contribution in [0.2, 0.25) is 0 Å². The van der Waals surface area contributed by atoms with Gasteiger partial charge in [0, 0.05) is 24.5 Å². The number of hydrogen-bond acceptors (Lipinski definition) is 3. The molecule has 1 amide bonds. The number of nitrogens with two attached hydrogens (primary N) is 1. The van der Waals surface area contributed by atoms with Crippen LogP contribution in [0.1, 0.15) is 31.7 Å². The first-order chi connectivity index (χ1) is 9.06. The van der Waals surface area contributed by atoms with Gasteiger partial charge in [-0.15, -0.1) is 0 Å². The summed E-state index contributed by atoms with van der Waals surface area (Å²) in [6.07, 6.45) is 3.48. The highest BCUT2D eigenvalue weighted by Gasteiger charge is 2.21. The van der Waals surface area contributed by atoms with Gasteiger partial charge < -0.3 is 16.0 Å². The van der Waals surface area contributed by atoms with Gasteiger partial charge in [0.25, 0.3) is 0 Å². The minimum atomic E-state index is -0.209. The summed E-state index contributed by atoms with van der Waals surface area (Å²) < 4.78 is 0. The summed E-state index contributed by atoms with van der Waals surface area (Å²) in [5.41, 5.74) is 8.55. The van der Waals surface area contributed by atoms with E-state index in [1.54, 1.807) is 0 Å². The first kappa shape index (κ1) is 13.7. The molecule has 1 heterocycles. The highest BCUT2D eigenvalue weighted by Crippen LogP contribution is 2.18. The van der Waals surface area contributed by atoms with Crippen molar-refractivity contribution in [1.29, 1.82) is 0 Å². The van der Waals surface area contributed by atoms with Gasteiger partial charge in [-0.05, 0) is 56.9 Å². The fourth-order valence-electron chi connectivity index (χ4n) is 2.60. The molecule has 0 saturated carbocycles. The van der Waals surface area contributed by atoms with Gasteiger partial charge in [0.1, 0.15) is 6.04 Å². The maximum atomic E-state index is 12.3. The average Bonchev–Trinajstić information content (AvgIpc) is 2.37. The molecule has 0 aromatic heterocycles. The number of likely N-dealkylation sites (tertiary alicyclic amines) is 1. The van der Waals surface area contributed by atoms with Crippen molar-refractivity contribution >= 4 is 17.3 Å². The lowest BCUT2D eigenvalue weighted by Gasteiger charge is -2.29. The van der Waals surface area contributed by atoms with Crippen molar-refractivity contribution in [3.8, 4) is 0 Å². The van der Waals surface area contributed by atoms with Gasteiger partial charge in [0.05, 0.1) is 0 Å². The summed E-state index contributed by atoms with van der Waals surface area (Å²) in [4.78, 5) is 14.3. The van der Waals surface area contributed by atoms with Gasteiger partial charge in [0.2, 0.25) is 5.91 Å². The highest BCUT2D eigenvalue weighted by atomic mass is 16.2. The Morgan fingerprint density at radius 1 is 1.26 bits per heavy atom. The lowest BCUT2D eigenvalue weighted by molar-refractivity contribution is -0.132. The van der Waals surface area contributed by atoms with E-state index in [0.29, 0.717) is 0 Å². The van der Waals surface area contributed by atoms with E-state index < -0.39 is 0 Å². The number of rotatable bonds is 3. The molecule has 1 atom stereocenters. The number of benzene rings is 1. The Morgan fingerprint density at radius 3 is 2.58 bits per heavy atom. The zero-order valence-electron chi connectivity index (χ0n) is 11.8. The summed E-state index contributed by atoms with van der Waals surface area (Å²) >= 11 is 0. The zero-order valence-corrected chi connectivity index (χ0v) is 11.8. The molecular formula is C15H23N3O. The molecule has 1 saturated heterocycles. The number of nitrogens with zero attached hydrogens (tertiary/aromatic N) is 1. The van der Waals surface area contributed by atoms with Crippen LogP contribution in [0, 0.1) is 6.92 Å². The van der Waals surface area contributed by atoms with Gasteiger partial charge >= 0.3 is 0 Å². The number of amides is 1. The van der Waals surface area contributed by atoms with Gasteiger partial charge in [-0.1, -0.05) is 0 Å². The fraction of sp³-hybridized carbons (Fsp3) is 0.533. The topological polar surface area (TPSA) is 58.4 Å². The number of carbonyl (C=O) groups is 1. The van der Waals surface area contributed by atoms with E-state index >= 15 is 0 Å². The van der Waals surface area contributed by atoms with Crippen molar-refractivity contribution < 1.29 is 4.79 Å². The van der Waals surface area contributed by atoms with Gasteiger partial charge in [-0.2, -0.15) is 0 Å². The summed E-state index contributed by atoms with van der Waals surface area (Å²) in [6, 6.07) is 5.59. The maximum Gasteiger partial charge on any atom is 0.244 e. The molecule has 0 spiro atoms. The molecule has 0 radical (unpaired) electrons. The first-order valence-electron chi connectivity index (χ1n) is 6.99. The third-order valence-electron chi connectivity index (χ3n) is 3.52. The summed E-state index contributed by atoms with van der Waals surface area (Å²) in [6.45, 7) is 5.69. The molecule has 3 N–H and O–H groups in total. The molecule has 19 heavy (non-hydrogen) atoms. The van der Waals surface area contributed by atoms with Crippen LogP contribution >= 0.6 is 0 Å². The Bertz CT molecular complexity index is 432. The lowest BCUT2D eigenvalue weighted by Crippen LogP contribution is -2.43. The molecule has 104 valence electrons. The summed E-state index contributed by atoms with van der Waals surface area (Å²) in [7, 11) is 0. The van der Waals surface area contributed by atoms with Gasteiger partial charge in [-0.25, -0.2) is 0 Å². The average molecular weight is 261 g/mol. The lowest BCUT2D eigenvalue weighted by atomic mass is 10.1. The third kappa shape index (κ3) is 3.63. The van der Waals surface area contributed by atoms with Crippen LogP contribution < -0.4 is 11.1 Å². The first-order valence-corrected chi connectivity index (χ1v) is 6.99. The number of hydrogen-bond donors (Lipinski definition) is 2. The molecule has 1 aliphatic heterocycles. The summed E-state index contributed by atoms with van der Waals surface area (Å²) in [5.74, 6) is 0.180. The Kier molecular flexibility index (Phi) is 4.30. The quantitative estimate of drug-likeness (QED) is 0.821. The zero-order chi connectivity index (χ0) is 13.8. The molecule has 1 aromatic carbocycles. The van der Waals surface area contributed by atoms with Crippen molar-refractivity contribution in [1.82, 2.24) is 4.90 Å². The molecule has 1 fully saturated rings. The third-order valence-corrected chi connectivity index (χ3v) is 3.52. The Morgan fingerprint density at radius 2 is 1.95 bits per heavy atom. The van der Waals surface area contributed by atoms with E-state index in [-0.39, 0.29) is 11.9 Å². The van der Waals surface area contributed by atoms with E-state index in [4.69, 9.17) is 5.73 Å². The van der Waals surface area contributed by atoms with Crippen LogP contribution in [0.25, 0.3) is 0 Å². The minimum absolute atomic E-state index is 0.180. The molecule has 1 unspecified atom stereocenters. The van der Waals surface area contributed by atoms with E-state index in [0.717, 1.165) is 42.9 Å². The normalized spacial score (nSPS) is 17.1. The molecule has 1 aliphatic rings. The van der Waals surface area contributed by atoms with Crippen LogP contribution in [-0.2, 0) is 4.79 Å². The molecular weight excluding hydrogens is 238 g/mol. The maximum absolute atomic E-state index is 12.3. The van der Waals surface area contributed by atoms with Crippen molar-refractivity contribution in [2.75, 3.05) is 24.1 Å². The standard InChI is InChI=1S/C15H23N3O/c1-11-8-13(16)10-14(9-11)17-12(2)15(19)18-6-4-3-5-7-18/h8-10,12,17H,3-7,16H2,1-2H3. The van der Waals surface area contributed by atoms with Crippen molar-refractivity contribution in [2.24, 2.45) is 0 Å². The number of aryl methyl sites for hydroxylation is 1. The van der Waals surface area contributed by atoms with Crippen molar-refractivity contribution in [2.45, 2.75) is 39.2 Å².